The Morgan fingerprint density at radius 1 is 0.410 bits per heavy atom. The van der Waals surface area contributed by atoms with Crippen molar-refractivity contribution in [3.8, 4) is 45.4 Å². The smallest absolute Gasteiger partial charge is 0.165 e. The molecule has 0 aliphatic carbocycles. The first-order chi connectivity index (χ1) is 19.2. The minimum atomic E-state index is 0.575. The average molecular weight is 521 g/mol. The monoisotopic (exact) mass is 520 g/mol. The minimum absolute atomic E-state index is 0.575. The van der Waals surface area contributed by atoms with E-state index in [2.05, 4.69) is 60.7 Å². The highest BCUT2D eigenvalue weighted by molar-refractivity contribution is 6.30. The van der Waals surface area contributed by atoms with E-state index in [0.29, 0.717) is 22.5 Å². The predicted molar refractivity (Wildman–Crippen MR) is 159 cm³/mol. The van der Waals surface area contributed by atoms with Gasteiger partial charge in [0.2, 0.25) is 0 Å². The Bertz CT molecular complexity index is 1870. The molecule has 2 heterocycles. The van der Waals surface area contributed by atoms with Crippen molar-refractivity contribution in [3.05, 3.63) is 133 Å². The van der Waals surface area contributed by atoms with Crippen LogP contribution in [0.5, 0.6) is 0 Å². The van der Waals surface area contributed by atoms with Gasteiger partial charge in [-0.2, -0.15) is 0 Å². The van der Waals surface area contributed by atoms with Crippen LogP contribution in [-0.2, 0) is 0 Å². The van der Waals surface area contributed by atoms with Crippen molar-refractivity contribution in [1.82, 2.24) is 19.9 Å². The van der Waals surface area contributed by atoms with E-state index in [-0.39, 0.29) is 0 Å². The molecule has 0 saturated carbocycles. The molecular weight excluding hydrogens is 500 g/mol. The minimum Gasteiger partial charge on any atom is -0.255 e. The Hall–Kier alpha value is -4.93. The molecule has 0 N–H and O–H groups in total. The lowest BCUT2D eigenvalue weighted by atomic mass is 10.1. The second-order valence-corrected chi connectivity index (χ2v) is 9.81. The summed E-state index contributed by atoms with van der Waals surface area (Å²) in [6.07, 6.45) is 1.81. The molecule has 0 unspecified atom stereocenters. The largest absolute Gasteiger partial charge is 0.255 e. The van der Waals surface area contributed by atoms with E-state index in [1.807, 2.05) is 66.9 Å². The van der Waals surface area contributed by atoms with Crippen LogP contribution < -0.4 is 0 Å². The lowest BCUT2D eigenvalue weighted by Gasteiger charge is -2.10. The lowest BCUT2D eigenvalue weighted by Crippen LogP contribution is -2.00. The molecule has 0 aliphatic heterocycles. The van der Waals surface area contributed by atoms with Gasteiger partial charge in [-0.25, -0.2) is 15.0 Å². The standard InChI is InChI=1S/C34H21ClN4/c35-30-16-13-24(14-17-30)31-18-15-29(21-36-31)34-38-32(27-11-9-22-5-1-3-7-25(22)19-27)37-33(39-34)28-12-10-23-6-2-4-8-26(23)20-28/h1-21H. The van der Waals surface area contributed by atoms with E-state index in [9.17, 15) is 0 Å². The number of halogens is 1. The quantitative estimate of drug-likeness (QED) is 0.232. The fourth-order valence-corrected chi connectivity index (χ4v) is 4.86. The normalized spacial score (nSPS) is 11.2. The summed E-state index contributed by atoms with van der Waals surface area (Å²) < 4.78 is 0. The van der Waals surface area contributed by atoms with Crippen molar-refractivity contribution in [2.24, 2.45) is 0 Å². The van der Waals surface area contributed by atoms with Gasteiger partial charge in [0, 0.05) is 33.5 Å². The molecule has 5 heteroatoms. The number of fused-ring (bicyclic) bond motifs is 2. The molecule has 39 heavy (non-hydrogen) atoms. The Balaban J connectivity index is 1.36. The summed E-state index contributed by atoms with van der Waals surface area (Å²) in [6.45, 7) is 0. The number of benzene rings is 5. The van der Waals surface area contributed by atoms with E-state index in [4.69, 9.17) is 31.5 Å². The van der Waals surface area contributed by atoms with Crippen LogP contribution in [0.3, 0.4) is 0 Å². The summed E-state index contributed by atoms with van der Waals surface area (Å²) >= 11 is 6.06. The summed E-state index contributed by atoms with van der Waals surface area (Å²) in [5.41, 5.74) is 4.54. The number of pyridine rings is 1. The van der Waals surface area contributed by atoms with Gasteiger partial charge in [-0.3, -0.25) is 4.98 Å². The second-order valence-electron chi connectivity index (χ2n) is 9.37. The highest BCUT2D eigenvalue weighted by Crippen LogP contribution is 2.29. The van der Waals surface area contributed by atoms with Crippen LogP contribution >= 0.6 is 11.6 Å². The van der Waals surface area contributed by atoms with Crippen LogP contribution in [0.1, 0.15) is 0 Å². The van der Waals surface area contributed by atoms with Crippen molar-refractivity contribution < 1.29 is 0 Å². The van der Waals surface area contributed by atoms with Crippen LogP contribution in [0.4, 0.5) is 0 Å². The third kappa shape index (κ3) is 4.63. The number of rotatable bonds is 4. The highest BCUT2D eigenvalue weighted by Gasteiger charge is 2.14. The zero-order valence-electron chi connectivity index (χ0n) is 20.8. The summed E-state index contributed by atoms with van der Waals surface area (Å²) in [6, 6.07) is 40.8. The number of aromatic nitrogens is 4. The maximum atomic E-state index is 6.06. The van der Waals surface area contributed by atoms with Crippen molar-refractivity contribution >= 4 is 33.1 Å². The topological polar surface area (TPSA) is 51.6 Å². The Morgan fingerprint density at radius 3 is 1.38 bits per heavy atom. The first-order valence-electron chi connectivity index (χ1n) is 12.7. The highest BCUT2D eigenvalue weighted by atomic mass is 35.5. The van der Waals surface area contributed by atoms with E-state index >= 15 is 0 Å². The molecule has 184 valence electrons. The SMILES string of the molecule is Clc1ccc(-c2ccc(-c3nc(-c4ccc5ccccc5c4)nc(-c4ccc5ccccc5c4)n3)cn2)cc1. The zero-order chi connectivity index (χ0) is 26.2. The van der Waals surface area contributed by atoms with Crippen molar-refractivity contribution in [2.75, 3.05) is 0 Å². The van der Waals surface area contributed by atoms with Gasteiger partial charge in [0.1, 0.15) is 0 Å². The van der Waals surface area contributed by atoms with Crippen molar-refractivity contribution in [2.45, 2.75) is 0 Å². The fraction of sp³-hybridized carbons (Fsp3) is 0. The zero-order valence-corrected chi connectivity index (χ0v) is 21.5. The molecule has 2 aromatic heterocycles. The maximum Gasteiger partial charge on any atom is 0.165 e. The molecule has 4 nitrogen and oxygen atoms in total. The van der Waals surface area contributed by atoms with E-state index in [0.717, 1.165) is 38.7 Å². The first kappa shape index (κ1) is 23.2. The first-order valence-corrected chi connectivity index (χ1v) is 13.0. The molecule has 0 spiro atoms. The van der Waals surface area contributed by atoms with Gasteiger partial charge < -0.3 is 0 Å². The van der Waals surface area contributed by atoms with Gasteiger partial charge in [-0.15, -0.1) is 0 Å². The molecule has 0 saturated heterocycles. The van der Waals surface area contributed by atoms with Gasteiger partial charge in [-0.05, 0) is 57.9 Å². The summed E-state index contributed by atoms with van der Waals surface area (Å²) in [7, 11) is 0. The van der Waals surface area contributed by atoms with E-state index < -0.39 is 0 Å². The summed E-state index contributed by atoms with van der Waals surface area (Å²) in [5, 5.41) is 5.32. The molecule has 0 atom stereocenters. The fourth-order valence-electron chi connectivity index (χ4n) is 4.74. The number of hydrogen-bond donors (Lipinski definition) is 0. The van der Waals surface area contributed by atoms with Crippen LogP contribution in [0.2, 0.25) is 5.02 Å². The van der Waals surface area contributed by atoms with Crippen molar-refractivity contribution in [1.29, 1.82) is 0 Å². The van der Waals surface area contributed by atoms with Gasteiger partial charge in [-0.1, -0.05) is 96.5 Å². The van der Waals surface area contributed by atoms with Crippen molar-refractivity contribution in [3.63, 3.8) is 0 Å². The summed E-state index contributed by atoms with van der Waals surface area (Å²) in [5.74, 6) is 1.82. The third-order valence-corrected chi connectivity index (χ3v) is 7.06. The predicted octanol–water partition coefficient (Wildman–Crippen LogP) is 8.89. The lowest BCUT2D eigenvalue weighted by molar-refractivity contribution is 1.07. The number of hydrogen-bond acceptors (Lipinski definition) is 4. The van der Waals surface area contributed by atoms with Gasteiger partial charge in [0.15, 0.2) is 17.5 Å². The molecule has 5 aromatic carbocycles. The molecule has 7 aromatic rings. The molecule has 0 amide bonds. The van der Waals surface area contributed by atoms with E-state index in [1.165, 1.54) is 10.8 Å². The Morgan fingerprint density at radius 2 is 0.872 bits per heavy atom. The average Bonchev–Trinajstić information content (AvgIpc) is 3.01. The molecule has 0 fully saturated rings. The summed E-state index contributed by atoms with van der Waals surface area (Å²) in [4.78, 5) is 19.4. The third-order valence-electron chi connectivity index (χ3n) is 6.81. The van der Waals surface area contributed by atoms with Crippen LogP contribution in [0, 0.1) is 0 Å². The molecular formula is C34H21ClN4. The Kier molecular flexibility index (Phi) is 5.80. The van der Waals surface area contributed by atoms with Gasteiger partial charge in [0.05, 0.1) is 5.69 Å². The Labute approximate surface area is 230 Å². The molecule has 0 bridgehead atoms. The van der Waals surface area contributed by atoms with Crippen LogP contribution in [0.25, 0.3) is 67.0 Å². The van der Waals surface area contributed by atoms with Gasteiger partial charge in [0.25, 0.3) is 0 Å². The van der Waals surface area contributed by atoms with E-state index in [1.54, 1.807) is 0 Å². The number of nitrogens with zero attached hydrogens (tertiary/aromatic N) is 4. The van der Waals surface area contributed by atoms with Gasteiger partial charge >= 0.3 is 0 Å². The molecule has 7 rings (SSSR count). The maximum absolute atomic E-state index is 6.06. The van der Waals surface area contributed by atoms with Crippen LogP contribution in [-0.4, -0.2) is 19.9 Å². The molecule has 0 radical (unpaired) electrons. The molecule has 0 aliphatic rings. The second kappa shape index (κ2) is 9.75. The van der Waals surface area contributed by atoms with Crippen LogP contribution in [0.15, 0.2) is 128 Å².